The molecule has 0 aromatic heterocycles. The summed E-state index contributed by atoms with van der Waals surface area (Å²) in [6, 6.07) is 6.55. The first-order valence-corrected chi connectivity index (χ1v) is 8.25. The van der Waals surface area contributed by atoms with Crippen LogP contribution in [0.15, 0.2) is 29.2 Å². The lowest BCUT2D eigenvalue weighted by Crippen LogP contribution is -2.32. The zero-order valence-electron chi connectivity index (χ0n) is 12.4. The summed E-state index contributed by atoms with van der Waals surface area (Å²) in [5.41, 5.74) is 0.164. The minimum atomic E-state index is -1.03. The number of hydrogen-bond donors (Lipinski definition) is 1. The minimum absolute atomic E-state index is 0.142. The first kappa shape index (κ1) is 16.5. The number of carboxylic acid groups (broad SMARTS) is 1. The van der Waals surface area contributed by atoms with Gasteiger partial charge in [0.15, 0.2) is 0 Å². The molecule has 6 heteroatoms. The van der Waals surface area contributed by atoms with Gasteiger partial charge in [0, 0.05) is 17.9 Å². The number of aromatic carboxylic acids is 1. The third kappa shape index (κ3) is 3.68. The maximum absolute atomic E-state index is 12.3. The highest BCUT2D eigenvalue weighted by atomic mass is 32.2. The van der Waals surface area contributed by atoms with E-state index >= 15 is 0 Å². The zero-order chi connectivity index (χ0) is 16.1. The summed E-state index contributed by atoms with van der Waals surface area (Å²) in [4.78, 5) is 37.4. The van der Waals surface area contributed by atoms with Crippen LogP contribution in [0.1, 0.15) is 43.0 Å². The van der Waals surface area contributed by atoms with Gasteiger partial charge < -0.3 is 5.11 Å². The van der Waals surface area contributed by atoms with Crippen molar-refractivity contribution in [2.24, 2.45) is 0 Å². The summed E-state index contributed by atoms with van der Waals surface area (Å²) in [6.45, 7) is 2.53. The van der Waals surface area contributed by atoms with E-state index in [1.165, 1.54) is 22.7 Å². The monoisotopic (exact) mass is 321 g/mol. The Morgan fingerprint density at radius 1 is 1.32 bits per heavy atom. The van der Waals surface area contributed by atoms with Crippen LogP contribution in [-0.2, 0) is 9.59 Å². The number of carbonyl (C=O) groups excluding carboxylic acids is 2. The molecular weight excluding hydrogens is 302 g/mol. The molecule has 1 saturated heterocycles. The fourth-order valence-corrected chi connectivity index (χ4v) is 3.60. The van der Waals surface area contributed by atoms with Gasteiger partial charge in [-0.05, 0) is 18.6 Å². The first-order valence-electron chi connectivity index (χ1n) is 7.37. The Kier molecular flexibility index (Phi) is 5.60. The molecule has 0 radical (unpaired) electrons. The van der Waals surface area contributed by atoms with Crippen molar-refractivity contribution in [3.8, 4) is 0 Å². The van der Waals surface area contributed by atoms with Crippen LogP contribution >= 0.6 is 11.8 Å². The highest BCUT2D eigenvalue weighted by molar-refractivity contribution is 8.00. The van der Waals surface area contributed by atoms with E-state index in [4.69, 9.17) is 0 Å². The molecule has 1 unspecified atom stereocenters. The molecule has 1 aromatic carbocycles. The van der Waals surface area contributed by atoms with Crippen LogP contribution in [0.4, 0.5) is 0 Å². The molecule has 0 bridgehead atoms. The number of hydrogen-bond acceptors (Lipinski definition) is 4. The molecule has 0 spiro atoms. The SMILES string of the molecule is CCCCCN1C(=O)CC(Sc2ccccc2C(=O)O)C1=O. The Bertz CT molecular complexity index is 587. The summed E-state index contributed by atoms with van der Waals surface area (Å²) < 4.78 is 0. The van der Waals surface area contributed by atoms with Gasteiger partial charge in [0.2, 0.25) is 11.8 Å². The van der Waals surface area contributed by atoms with Crippen molar-refractivity contribution in [3.05, 3.63) is 29.8 Å². The average Bonchev–Trinajstić information content (AvgIpc) is 2.75. The maximum atomic E-state index is 12.3. The molecule has 22 heavy (non-hydrogen) atoms. The van der Waals surface area contributed by atoms with E-state index in [2.05, 4.69) is 6.92 Å². The molecule has 5 nitrogen and oxygen atoms in total. The summed E-state index contributed by atoms with van der Waals surface area (Å²) in [5, 5.41) is 8.66. The summed E-state index contributed by atoms with van der Waals surface area (Å²) in [5.74, 6) is -1.39. The summed E-state index contributed by atoms with van der Waals surface area (Å²) in [6.07, 6.45) is 2.97. The first-order chi connectivity index (χ1) is 10.5. The second kappa shape index (κ2) is 7.45. The van der Waals surface area contributed by atoms with Crippen LogP contribution in [0.2, 0.25) is 0 Å². The maximum Gasteiger partial charge on any atom is 0.336 e. The molecule has 0 saturated carbocycles. The molecule has 1 fully saturated rings. The van der Waals surface area contributed by atoms with Gasteiger partial charge in [0.1, 0.15) is 0 Å². The van der Waals surface area contributed by atoms with Gasteiger partial charge >= 0.3 is 5.97 Å². The van der Waals surface area contributed by atoms with Crippen molar-refractivity contribution in [1.82, 2.24) is 4.90 Å². The van der Waals surface area contributed by atoms with Gasteiger partial charge in [-0.15, -0.1) is 11.8 Å². The van der Waals surface area contributed by atoms with Crippen LogP contribution in [0.3, 0.4) is 0 Å². The lowest BCUT2D eigenvalue weighted by molar-refractivity contribution is -0.138. The van der Waals surface area contributed by atoms with E-state index in [0.29, 0.717) is 11.4 Å². The van der Waals surface area contributed by atoms with Crippen LogP contribution in [0, 0.1) is 0 Å². The van der Waals surface area contributed by atoms with Crippen LogP contribution in [0.25, 0.3) is 0 Å². The third-order valence-corrected chi connectivity index (χ3v) is 4.84. The number of unbranched alkanes of at least 4 members (excludes halogenated alkanes) is 2. The smallest absolute Gasteiger partial charge is 0.336 e. The van der Waals surface area contributed by atoms with Gasteiger partial charge in [-0.3, -0.25) is 14.5 Å². The van der Waals surface area contributed by atoms with Gasteiger partial charge in [-0.2, -0.15) is 0 Å². The lowest BCUT2D eigenvalue weighted by atomic mass is 10.2. The second-order valence-corrected chi connectivity index (χ2v) is 6.45. The van der Waals surface area contributed by atoms with E-state index in [0.717, 1.165) is 19.3 Å². The van der Waals surface area contributed by atoms with E-state index in [9.17, 15) is 19.5 Å². The molecule has 1 atom stereocenters. The topological polar surface area (TPSA) is 74.7 Å². The molecule has 2 amide bonds. The fourth-order valence-electron chi connectivity index (χ4n) is 2.40. The Balaban J connectivity index is 2.07. The number of likely N-dealkylation sites (tertiary alicyclic amines) is 1. The quantitative estimate of drug-likeness (QED) is 0.617. The van der Waals surface area contributed by atoms with Gasteiger partial charge in [-0.25, -0.2) is 4.79 Å². The predicted octanol–water partition coefficient (Wildman–Crippen LogP) is 2.79. The van der Waals surface area contributed by atoms with Crippen molar-refractivity contribution in [1.29, 1.82) is 0 Å². The average molecular weight is 321 g/mol. The minimum Gasteiger partial charge on any atom is -0.478 e. The van der Waals surface area contributed by atoms with Gasteiger partial charge in [0.25, 0.3) is 0 Å². The largest absolute Gasteiger partial charge is 0.478 e. The van der Waals surface area contributed by atoms with Crippen molar-refractivity contribution in [2.75, 3.05) is 6.54 Å². The number of benzene rings is 1. The molecule has 0 aliphatic carbocycles. The van der Waals surface area contributed by atoms with Crippen LogP contribution in [0.5, 0.6) is 0 Å². The van der Waals surface area contributed by atoms with E-state index in [-0.39, 0.29) is 23.8 Å². The Morgan fingerprint density at radius 2 is 2.05 bits per heavy atom. The highest BCUT2D eigenvalue weighted by Crippen LogP contribution is 2.33. The number of imide groups is 1. The van der Waals surface area contributed by atoms with Gasteiger partial charge in [-0.1, -0.05) is 31.9 Å². The number of rotatable bonds is 7. The number of carbonyl (C=O) groups is 3. The molecular formula is C16H19NO4S. The van der Waals surface area contributed by atoms with Crippen molar-refractivity contribution in [2.45, 2.75) is 42.8 Å². The Morgan fingerprint density at radius 3 is 2.73 bits per heavy atom. The molecule has 1 aliphatic heterocycles. The van der Waals surface area contributed by atoms with Crippen LogP contribution in [-0.4, -0.2) is 39.6 Å². The number of thioether (sulfide) groups is 1. The Hall–Kier alpha value is -1.82. The van der Waals surface area contributed by atoms with Crippen molar-refractivity contribution < 1.29 is 19.5 Å². The normalized spacial score (nSPS) is 18.0. The van der Waals surface area contributed by atoms with Crippen molar-refractivity contribution >= 4 is 29.5 Å². The molecule has 118 valence electrons. The molecule has 1 aromatic rings. The van der Waals surface area contributed by atoms with Crippen LogP contribution < -0.4 is 0 Å². The standard InChI is InChI=1S/C16H19NO4S/c1-2-3-6-9-17-14(18)10-13(15(17)19)22-12-8-5-4-7-11(12)16(20)21/h4-5,7-8,13H,2-3,6,9-10H2,1H3,(H,20,21). The summed E-state index contributed by atoms with van der Waals surface area (Å²) >= 11 is 1.17. The lowest BCUT2D eigenvalue weighted by Gasteiger charge is -2.14. The Labute approximate surface area is 133 Å². The van der Waals surface area contributed by atoms with E-state index < -0.39 is 11.2 Å². The number of amides is 2. The predicted molar refractivity (Wildman–Crippen MR) is 83.9 cm³/mol. The molecule has 1 aliphatic rings. The number of carboxylic acids is 1. The summed E-state index contributed by atoms with van der Waals surface area (Å²) in [7, 11) is 0. The zero-order valence-corrected chi connectivity index (χ0v) is 13.3. The molecule has 1 heterocycles. The highest BCUT2D eigenvalue weighted by Gasteiger charge is 2.39. The van der Waals surface area contributed by atoms with E-state index in [1.807, 2.05) is 0 Å². The molecule has 1 N–H and O–H groups in total. The van der Waals surface area contributed by atoms with E-state index in [1.54, 1.807) is 18.2 Å². The van der Waals surface area contributed by atoms with Gasteiger partial charge in [0.05, 0.1) is 10.8 Å². The second-order valence-electron chi connectivity index (χ2n) is 5.20. The van der Waals surface area contributed by atoms with Crippen molar-refractivity contribution in [3.63, 3.8) is 0 Å². The molecule has 2 rings (SSSR count). The third-order valence-electron chi connectivity index (χ3n) is 3.57. The fraction of sp³-hybridized carbons (Fsp3) is 0.438. The number of nitrogens with zero attached hydrogens (tertiary/aromatic N) is 1.